The molecule has 84 valence electrons. The Morgan fingerprint density at radius 1 is 1.60 bits per heavy atom. The van der Waals surface area contributed by atoms with Crippen LogP contribution in [-0.2, 0) is 9.59 Å². The largest absolute Gasteiger partial charge is 0.305 e. The number of nitrogens with zero attached hydrogens (tertiary/aromatic N) is 2. The highest BCUT2D eigenvalue weighted by atomic mass is 16.2. The van der Waals surface area contributed by atoms with Gasteiger partial charge in [-0.05, 0) is 19.9 Å². The topological polar surface area (TPSA) is 52.7 Å². The number of carbonyl (C=O) groups is 2. The van der Waals surface area contributed by atoms with Gasteiger partial charge in [-0.2, -0.15) is 0 Å². The molecule has 1 amide bonds. The second-order valence-corrected chi connectivity index (χ2v) is 4.68. The van der Waals surface area contributed by atoms with Gasteiger partial charge in [0.1, 0.15) is 17.9 Å². The molecule has 0 aromatic rings. The van der Waals surface area contributed by atoms with Crippen molar-refractivity contribution in [3.8, 4) is 0 Å². The standard InChI is InChI=1S/C10H17N3O2/c1-7-4-12-6-10(2,11-3)9(15)13(12)8(7)5-14/h5,7-8,11H,4,6H2,1-3H3. The van der Waals surface area contributed by atoms with E-state index in [-0.39, 0.29) is 17.9 Å². The van der Waals surface area contributed by atoms with Crippen LogP contribution in [0, 0.1) is 5.92 Å². The number of rotatable bonds is 2. The lowest BCUT2D eigenvalue weighted by molar-refractivity contribution is -0.143. The molecule has 15 heavy (non-hydrogen) atoms. The number of nitrogens with one attached hydrogen (secondary N) is 1. The summed E-state index contributed by atoms with van der Waals surface area (Å²) in [7, 11) is 1.78. The summed E-state index contributed by atoms with van der Waals surface area (Å²) in [6.07, 6.45) is 0.879. The zero-order chi connectivity index (χ0) is 11.2. The predicted octanol–water partition coefficient (Wildman–Crippen LogP) is -0.759. The van der Waals surface area contributed by atoms with Crippen LogP contribution in [-0.4, -0.2) is 53.9 Å². The van der Waals surface area contributed by atoms with Gasteiger partial charge in [0.05, 0.1) is 0 Å². The molecular weight excluding hydrogens is 194 g/mol. The van der Waals surface area contributed by atoms with E-state index >= 15 is 0 Å². The number of hydrazine groups is 1. The Hall–Kier alpha value is -0.940. The number of carbonyl (C=O) groups excluding carboxylic acids is 2. The van der Waals surface area contributed by atoms with Gasteiger partial charge >= 0.3 is 0 Å². The molecule has 0 aromatic carbocycles. The second-order valence-electron chi connectivity index (χ2n) is 4.68. The smallest absolute Gasteiger partial charge is 0.258 e. The molecule has 0 saturated carbocycles. The molecule has 0 spiro atoms. The van der Waals surface area contributed by atoms with Crippen LogP contribution >= 0.6 is 0 Å². The molecular formula is C10H17N3O2. The Balaban J connectivity index is 2.28. The maximum atomic E-state index is 12.1. The molecule has 2 aliphatic heterocycles. The number of likely N-dealkylation sites (N-methyl/N-ethyl adjacent to an activating group) is 1. The summed E-state index contributed by atoms with van der Waals surface area (Å²) < 4.78 is 0. The van der Waals surface area contributed by atoms with Gasteiger partial charge in [-0.25, -0.2) is 5.01 Å². The van der Waals surface area contributed by atoms with Crippen LogP contribution in [0.3, 0.4) is 0 Å². The van der Waals surface area contributed by atoms with Crippen molar-refractivity contribution in [1.29, 1.82) is 0 Å². The monoisotopic (exact) mass is 211 g/mol. The Bertz CT molecular complexity index is 307. The van der Waals surface area contributed by atoms with Crippen LogP contribution in [0.5, 0.6) is 0 Å². The van der Waals surface area contributed by atoms with Gasteiger partial charge in [-0.15, -0.1) is 0 Å². The quantitative estimate of drug-likeness (QED) is 0.610. The molecule has 2 fully saturated rings. The van der Waals surface area contributed by atoms with Crippen LogP contribution in [0.15, 0.2) is 0 Å². The molecule has 0 radical (unpaired) electrons. The fourth-order valence-corrected chi connectivity index (χ4v) is 2.43. The summed E-state index contributed by atoms with van der Waals surface area (Å²) in [5, 5.41) is 6.62. The molecule has 2 heterocycles. The highest BCUT2D eigenvalue weighted by molar-refractivity contribution is 5.90. The average molecular weight is 211 g/mol. The third-order valence-corrected chi connectivity index (χ3v) is 3.54. The van der Waals surface area contributed by atoms with Crippen molar-refractivity contribution >= 4 is 12.2 Å². The van der Waals surface area contributed by atoms with Crippen LogP contribution in [0.4, 0.5) is 0 Å². The van der Waals surface area contributed by atoms with Crippen molar-refractivity contribution in [1.82, 2.24) is 15.3 Å². The number of hydrogen-bond acceptors (Lipinski definition) is 4. The average Bonchev–Trinajstić information content (AvgIpc) is 2.63. The van der Waals surface area contributed by atoms with Gasteiger partial charge < -0.3 is 10.1 Å². The summed E-state index contributed by atoms with van der Waals surface area (Å²) in [6, 6.07) is -0.285. The minimum absolute atomic E-state index is 0.00597. The van der Waals surface area contributed by atoms with Gasteiger partial charge in [-0.1, -0.05) is 6.92 Å². The molecule has 0 bridgehead atoms. The molecule has 1 N–H and O–H groups in total. The van der Waals surface area contributed by atoms with Crippen LogP contribution in [0.25, 0.3) is 0 Å². The molecule has 2 aliphatic rings. The Morgan fingerprint density at radius 2 is 2.27 bits per heavy atom. The fraction of sp³-hybridized carbons (Fsp3) is 0.800. The van der Waals surface area contributed by atoms with Crippen molar-refractivity contribution < 1.29 is 9.59 Å². The van der Waals surface area contributed by atoms with E-state index in [0.717, 1.165) is 12.8 Å². The highest BCUT2D eigenvalue weighted by Gasteiger charge is 2.54. The van der Waals surface area contributed by atoms with Gasteiger partial charge in [0, 0.05) is 13.1 Å². The minimum Gasteiger partial charge on any atom is -0.305 e. The molecule has 0 aromatic heterocycles. The first kappa shape index (κ1) is 10.6. The van der Waals surface area contributed by atoms with Crippen LogP contribution < -0.4 is 5.32 Å². The van der Waals surface area contributed by atoms with Crippen molar-refractivity contribution in [2.24, 2.45) is 5.92 Å². The van der Waals surface area contributed by atoms with E-state index < -0.39 is 5.54 Å². The number of amides is 1. The summed E-state index contributed by atoms with van der Waals surface area (Å²) in [4.78, 5) is 23.1. The molecule has 5 heteroatoms. The summed E-state index contributed by atoms with van der Waals surface area (Å²) >= 11 is 0. The Morgan fingerprint density at radius 3 is 2.80 bits per heavy atom. The number of aldehydes is 1. The molecule has 2 rings (SSSR count). The van der Waals surface area contributed by atoms with Crippen LogP contribution in [0.2, 0.25) is 0 Å². The van der Waals surface area contributed by atoms with Crippen molar-refractivity contribution in [3.63, 3.8) is 0 Å². The third-order valence-electron chi connectivity index (χ3n) is 3.54. The van der Waals surface area contributed by atoms with E-state index in [1.807, 2.05) is 18.9 Å². The van der Waals surface area contributed by atoms with E-state index in [0.29, 0.717) is 6.54 Å². The Kier molecular flexibility index (Phi) is 2.31. The number of hydrogen-bond donors (Lipinski definition) is 1. The van der Waals surface area contributed by atoms with E-state index in [4.69, 9.17) is 0 Å². The highest BCUT2D eigenvalue weighted by Crippen LogP contribution is 2.32. The van der Waals surface area contributed by atoms with E-state index in [2.05, 4.69) is 5.32 Å². The summed E-state index contributed by atoms with van der Waals surface area (Å²) in [5.74, 6) is 0.235. The maximum absolute atomic E-state index is 12.1. The molecule has 0 aliphatic carbocycles. The van der Waals surface area contributed by atoms with Crippen molar-refractivity contribution in [2.75, 3.05) is 20.1 Å². The van der Waals surface area contributed by atoms with Crippen molar-refractivity contribution in [2.45, 2.75) is 25.4 Å². The third kappa shape index (κ3) is 1.30. The summed E-state index contributed by atoms with van der Waals surface area (Å²) in [6.45, 7) is 5.31. The second kappa shape index (κ2) is 3.28. The predicted molar refractivity (Wildman–Crippen MR) is 54.9 cm³/mol. The lowest BCUT2D eigenvalue weighted by atomic mass is 9.99. The van der Waals surface area contributed by atoms with E-state index in [1.54, 1.807) is 12.1 Å². The first-order valence-electron chi connectivity index (χ1n) is 5.26. The lowest BCUT2D eigenvalue weighted by Crippen LogP contribution is -2.51. The molecule has 3 atom stereocenters. The first-order valence-corrected chi connectivity index (χ1v) is 5.26. The molecule has 2 saturated heterocycles. The van der Waals surface area contributed by atoms with E-state index in [1.165, 1.54) is 0 Å². The minimum atomic E-state index is -0.540. The SMILES string of the molecule is CNC1(C)CN2CC(C)C(C=O)N2C1=O. The first-order chi connectivity index (χ1) is 7.03. The Labute approximate surface area is 89.4 Å². The van der Waals surface area contributed by atoms with Crippen LogP contribution in [0.1, 0.15) is 13.8 Å². The van der Waals surface area contributed by atoms with Gasteiger partial charge in [0.25, 0.3) is 5.91 Å². The fourth-order valence-electron chi connectivity index (χ4n) is 2.43. The van der Waals surface area contributed by atoms with Crippen molar-refractivity contribution in [3.05, 3.63) is 0 Å². The van der Waals surface area contributed by atoms with Gasteiger partial charge in [-0.3, -0.25) is 9.80 Å². The molecule has 3 unspecified atom stereocenters. The lowest BCUT2D eigenvalue weighted by Gasteiger charge is -2.24. The van der Waals surface area contributed by atoms with E-state index in [9.17, 15) is 9.59 Å². The molecule has 5 nitrogen and oxygen atoms in total. The van der Waals surface area contributed by atoms with Gasteiger partial charge in [0.2, 0.25) is 0 Å². The summed E-state index contributed by atoms with van der Waals surface area (Å²) in [5.41, 5.74) is -0.540. The normalized spacial score (nSPS) is 41.0. The zero-order valence-corrected chi connectivity index (χ0v) is 9.36. The number of fused-ring (bicyclic) bond motifs is 1. The zero-order valence-electron chi connectivity index (χ0n) is 9.36. The maximum Gasteiger partial charge on any atom is 0.258 e. The van der Waals surface area contributed by atoms with Gasteiger partial charge in [0.15, 0.2) is 0 Å².